The number of aromatic nitrogens is 3. The van der Waals surface area contributed by atoms with Crippen molar-refractivity contribution in [2.45, 2.75) is 19.4 Å². The van der Waals surface area contributed by atoms with Crippen LogP contribution in [0.3, 0.4) is 0 Å². The molecular weight excluding hydrogens is 268 g/mol. The minimum atomic E-state index is 0.0166. The topological polar surface area (TPSA) is 60.2 Å². The Morgan fingerprint density at radius 1 is 1.48 bits per heavy atom. The summed E-state index contributed by atoms with van der Waals surface area (Å²) in [6, 6.07) is 5.80. The normalized spacial score (nSPS) is 17.6. The molecule has 1 aliphatic rings. The van der Waals surface area contributed by atoms with Crippen molar-refractivity contribution in [3.8, 4) is 5.82 Å². The SMILES string of the molecule is COCC1CCN1C(=O)c1cnn(-c2ccccn2)c1C. The fourth-order valence-corrected chi connectivity index (χ4v) is 2.56. The summed E-state index contributed by atoms with van der Waals surface area (Å²) in [7, 11) is 1.66. The maximum Gasteiger partial charge on any atom is 0.257 e. The van der Waals surface area contributed by atoms with Gasteiger partial charge in [-0.25, -0.2) is 9.67 Å². The molecule has 0 N–H and O–H groups in total. The lowest BCUT2D eigenvalue weighted by Crippen LogP contribution is -2.53. The first-order valence-electron chi connectivity index (χ1n) is 6.98. The highest BCUT2D eigenvalue weighted by molar-refractivity contribution is 5.95. The van der Waals surface area contributed by atoms with Gasteiger partial charge in [0, 0.05) is 19.9 Å². The van der Waals surface area contributed by atoms with Crippen molar-refractivity contribution in [3.05, 3.63) is 41.9 Å². The Kier molecular flexibility index (Phi) is 3.70. The maximum atomic E-state index is 12.6. The predicted molar refractivity (Wildman–Crippen MR) is 77.4 cm³/mol. The van der Waals surface area contributed by atoms with Crippen molar-refractivity contribution < 1.29 is 9.53 Å². The van der Waals surface area contributed by atoms with Crippen molar-refractivity contribution in [1.29, 1.82) is 0 Å². The molecule has 3 rings (SSSR count). The van der Waals surface area contributed by atoms with E-state index < -0.39 is 0 Å². The lowest BCUT2D eigenvalue weighted by atomic mass is 10.0. The van der Waals surface area contributed by atoms with E-state index in [2.05, 4.69) is 10.1 Å². The van der Waals surface area contributed by atoms with Crippen LogP contribution in [0.25, 0.3) is 5.82 Å². The average molecular weight is 286 g/mol. The third-order valence-corrected chi connectivity index (χ3v) is 3.87. The first-order chi connectivity index (χ1) is 10.2. The van der Waals surface area contributed by atoms with Gasteiger partial charge in [-0.2, -0.15) is 5.10 Å². The Labute approximate surface area is 123 Å². The molecule has 1 atom stereocenters. The fraction of sp³-hybridized carbons (Fsp3) is 0.400. The van der Waals surface area contributed by atoms with Gasteiger partial charge >= 0.3 is 0 Å². The van der Waals surface area contributed by atoms with Gasteiger partial charge in [0.05, 0.1) is 30.1 Å². The number of pyridine rings is 1. The van der Waals surface area contributed by atoms with Crippen molar-refractivity contribution >= 4 is 5.91 Å². The van der Waals surface area contributed by atoms with Crippen LogP contribution in [0, 0.1) is 6.92 Å². The summed E-state index contributed by atoms with van der Waals surface area (Å²) in [5.41, 5.74) is 1.43. The molecule has 0 bridgehead atoms. The molecule has 110 valence electrons. The van der Waals surface area contributed by atoms with E-state index in [9.17, 15) is 4.79 Å². The largest absolute Gasteiger partial charge is 0.383 e. The highest BCUT2D eigenvalue weighted by Crippen LogP contribution is 2.22. The van der Waals surface area contributed by atoms with E-state index in [1.54, 1.807) is 24.2 Å². The van der Waals surface area contributed by atoms with E-state index in [-0.39, 0.29) is 11.9 Å². The van der Waals surface area contributed by atoms with Gasteiger partial charge in [0.2, 0.25) is 0 Å². The van der Waals surface area contributed by atoms with E-state index >= 15 is 0 Å². The van der Waals surface area contributed by atoms with Crippen LogP contribution in [-0.4, -0.2) is 51.9 Å². The molecule has 2 aromatic heterocycles. The van der Waals surface area contributed by atoms with Gasteiger partial charge in [-0.1, -0.05) is 6.07 Å². The zero-order chi connectivity index (χ0) is 14.8. The van der Waals surface area contributed by atoms with Gasteiger partial charge in [-0.15, -0.1) is 0 Å². The quantitative estimate of drug-likeness (QED) is 0.853. The van der Waals surface area contributed by atoms with Crippen molar-refractivity contribution in [3.63, 3.8) is 0 Å². The molecule has 0 aromatic carbocycles. The van der Waals surface area contributed by atoms with E-state index in [4.69, 9.17) is 4.74 Å². The minimum absolute atomic E-state index is 0.0166. The number of amides is 1. The summed E-state index contributed by atoms with van der Waals surface area (Å²) in [6.07, 6.45) is 4.32. The highest BCUT2D eigenvalue weighted by Gasteiger charge is 2.34. The lowest BCUT2D eigenvalue weighted by molar-refractivity contribution is 0.0201. The number of nitrogens with zero attached hydrogens (tertiary/aromatic N) is 4. The monoisotopic (exact) mass is 286 g/mol. The lowest BCUT2D eigenvalue weighted by Gasteiger charge is -2.40. The molecule has 6 nitrogen and oxygen atoms in total. The van der Waals surface area contributed by atoms with E-state index in [1.807, 2.05) is 30.0 Å². The van der Waals surface area contributed by atoms with Crippen LogP contribution >= 0.6 is 0 Å². The molecule has 0 saturated carbocycles. The smallest absolute Gasteiger partial charge is 0.257 e. The number of carbonyl (C=O) groups excluding carboxylic acids is 1. The number of methoxy groups -OCH3 is 1. The van der Waals surface area contributed by atoms with Gasteiger partial charge in [-0.3, -0.25) is 4.79 Å². The highest BCUT2D eigenvalue weighted by atomic mass is 16.5. The van der Waals surface area contributed by atoms with E-state index in [1.165, 1.54) is 0 Å². The maximum absolute atomic E-state index is 12.6. The second kappa shape index (κ2) is 5.65. The van der Waals surface area contributed by atoms with E-state index in [0.29, 0.717) is 18.0 Å². The Hall–Kier alpha value is -2.21. The summed E-state index contributed by atoms with van der Waals surface area (Å²) < 4.78 is 6.83. The Morgan fingerprint density at radius 2 is 2.33 bits per heavy atom. The molecule has 1 saturated heterocycles. The Balaban J connectivity index is 1.84. The van der Waals surface area contributed by atoms with Crippen molar-refractivity contribution in [2.24, 2.45) is 0 Å². The zero-order valence-corrected chi connectivity index (χ0v) is 12.2. The Bertz CT molecular complexity index is 638. The molecule has 1 fully saturated rings. The third kappa shape index (κ3) is 2.42. The molecule has 1 aliphatic heterocycles. The Morgan fingerprint density at radius 3 is 2.95 bits per heavy atom. The molecule has 0 radical (unpaired) electrons. The molecule has 6 heteroatoms. The second-order valence-corrected chi connectivity index (χ2v) is 5.14. The van der Waals surface area contributed by atoms with Crippen LogP contribution in [0.5, 0.6) is 0 Å². The summed E-state index contributed by atoms with van der Waals surface area (Å²) in [5.74, 6) is 0.731. The van der Waals surface area contributed by atoms with Crippen LogP contribution in [0.4, 0.5) is 0 Å². The van der Waals surface area contributed by atoms with Crippen LogP contribution in [0.15, 0.2) is 30.6 Å². The summed E-state index contributed by atoms with van der Waals surface area (Å²) >= 11 is 0. The van der Waals surface area contributed by atoms with Gasteiger partial charge < -0.3 is 9.64 Å². The van der Waals surface area contributed by atoms with Crippen LogP contribution in [-0.2, 0) is 4.74 Å². The molecular formula is C15H18N4O2. The number of carbonyl (C=O) groups is 1. The minimum Gasteiger partial charge on any atom is -0.383 e. The molecule has 1 amide bonds. The number of ether oxygens (including phenoxy) is 1. The standard InChI is InChI=1S/C15H18N4O2/c1-11-13(15(20)18-8-6-12(18)10-21-2)9-17-19(11)14-5-3-4-7-16-14/h3-5,7,9,12H,6,8,10H2,1-2H3. The summed E-state index contributed by atoms with van der Waals surface area (Å²) in [4.78, 5) is 18.7. The average Bonchev–Trinajstić information content (AvgIpc) is 2.86. The van der Waals surface area contributed by atoms with Crippen molar-refractivity contribution in [1.82, 2.24) is 19.7 Å². The number of likely N-dealkylation sites (tertiary alicyclic amines) is 1. The molecule has 2 aromatic rings. The number of rotatable bonds is 4. The number of hydrogen-bond acceptors (Lipinski definition) is 4. The van der Waals surface area contributed by atoms with Crippen LogP contribution in [0.1, 0.15) is 22.5 Å². The zero-order valence-electron chi connectivity index (χ0n) is 12.2. The molecule has 21 heavy (non-hydrogen) atoms. The van der Waals surface area contributed by atoms with Crippen molar-refractivity contribution in [2.75, 3.05) is 20.3 Å². The van der Waals surface area contributed by atoms with Crippen LogP contribution < -0.4 is 0 Å². The third-order valence-electron chi connectivity index (χ3n) is 3.87. The van der Waals surface area contributed by atoms with Gasteiger partial charge in [0.25, 0.3) is 5.91 Å². The molecule has 0 aliphatic carbocycles. The summed E-state index contributed by atoms with van der Waals surface area (Å²) in [5, 5.41) is 4.29. The van der Waals surface area contributed by atoms with Crippen LogP contribution in [0.2, 0.25) is 0 Å². The first kappa shape index (κ1) is 13.8. The van der Waals surface area contributed by atoms with Gasteiger partial charge in [-0.05, 0) is 25.5 Å². The first-order valence-corrected chi connectivity index (χ1v) is 6.98. The predicted octanol–water partition coefficient (Wildman–Crippen LogP) is 1.44. The molecule has 0 spiro atoms. The van der Waals surface area contributed by atoms with E-state index in [0.717, 1.165) is 18.7 Å². The number of hydrogen-bond donors (Lipinski definition) is 0. The fourth-order valence-electron chi connectivity index (χ4n) is 2.56. The summed E-state index contributed by atoms with van der Waals surface area (Å²) in [6.45, 7) is 3.25. The molecule has 1 unspecified atom stereocenters. The van der Waals surface area contributed by atoms with Gasteiger partial charge in [0.1, 0.15) is 0 Å². The molecule has 3 heterocycles. The van der Waals surface area contributed by atoms with Gasteiger partial charge in [0.15, 0.2) is 5.82 Å². The second-order valence-electron chi connectivity index (χ2n) is 5.14.